The fraction of sp³-hybridized carbons (Fsp3) is 0.667. The monoisotopic (exact) mass is 313 g/mol. The van der Waals surface area contributed by atoms with E-state index in [9.17, 15) is 0 Å². The Hall–Kier alpha value is -0.880. The minimum Gasteiger partial charge on any atom is -0.383 e. The van der Waals surface area contributed by atoms with Gasteiger partial charge in [0.2, 0.25) is 5.95 Å². The Bertz CT molecular complexity index is 372. The summed E-state index contributed by atoms with van der Waals surface area (Å²) in [4.78, 5) is 10.9. The van der Waals surface area contributed by atoms with Crippen LogP contribution in [0.1, 0.15) is 19.8 Å². The van der Waals surface area contributed by atoms with Crippen molar-refractivity contribution in [1.82, 2.24) is 14.9 Å². The maximum absolute atomic E-state index is 5.67. The van der Waals surface area contributed by atoms with E-state index in [0.717, 1.165) is 13.1 Å². The summed E-state index contributed by atoms with van der Waals surface area (Å²) in [5.74, 6) is 1.65. The van der Waals surface area contributed by atoms with Crippen LogP contribution >= 0.6 is 15.9 Å². The number of rotatable bonds is 5. The summed E-state index contributed by atoms with van der Waals surface area (Å²) >= 11 is 3.31. The average Bonchev–Trinajstić information content (AvgIpc) is 2.78. The molecule has 0 bridgehead atoms. The van der Waals surface area contributed by atoms with Crippen molar-refractivity contribution in [3.05, 3.63) is 10.7 Å². The van der Waals surface area contributed by atoms with Crippen LogP contribution in [0.5, 0.6) is 0 Å². The van der Waals surface area contributed by atoms with Gasteiger partial charge in [-0.05, 0) is 47.8 Å². The van der Waals surface area contributed by atoms with Crippen molar-refractivity contribution in [2.75, 3.05) is 37.2 Å². The van der Waals surface area contributed by atoms with E-state index in [1.54, 1.807) is 6.07 Å². The maximum atomic E-state index is 5.67. The summed E-state index contributed by atoms with van der Waals surface area (Å²) in [5, 5.41) is 3.24. The Balaban J connectivity index is 1.79. The number of likely N-dealkylation sites (tertiary alicyclic amines) is 1. The molecule has 1 atom stereocenters. The maximum Gasteiger partial charge on any atom is 0.225 e. The SMILES string of the molecule is CC(CNc1nc(N)cc(Br)n1)CN1CCCC1. The summed E-state index contributed by atoms with van der Waals surface area (Å²) in [5.41, 5.74) is 5.67. The van der Waals surface area contributed by atoms with Crippen LogP contribution in [0.4, 0.5) is 11.8 Å². The van der Waals surface area contributed by atoms with E-state index in [1.807, 2.05) is 0 Å². The summed E-state index contributed by atoms with van der Waals surface area (Å²) in [7, 11) is 0. The second-order valence-corrected chi connectivity index (χ2v) is 5.75. The summed E-state index contributed by atoms with van der Waals surface area (Å²) in [6.45, 7) is 6.73. The van der Waals surface area contributed by atoms with Crippen molar-refractivity contribution in [1.29, 1.82) is 0 Å². The molecule has 0 saturated carbocycles. The zero-order chi connectivity index (χ0) is 13.0. The normalized spacial score (nSPS) is 17.9. The fourth-order valence-electron chi connectivity index (χ4n) is 2.25. The van der Waals surface area contributed by atoms with Crippen LogP contribution in [0.25, 0.3) is 0 Å². The third-order valence-electron chi connectivity index (χ3n) is 3.09. The first kappa shape index (κ1) is 13.5. The molecule has 18 heavy (non-hydrogen) atoms. The number of hydrogen-bond donors (Lipinski definition) is 2. The van der Waals surface area contributed by atoms with E-state index in [0.29, 0.717) is 22.3 Å². The molecule has 1 aliphatic heterocycles. The molecule has 0 spiro atoms. The van der Waals surface area contributed by atoms with Crippen molar-refractivity contribution in [3.63, 3.8) is 0 Å². The first-order valence-electron chi connectivity index (χ1n) is 6.40. The molecular formula is C12H20BrN5. The van der Waals surface area contributed by atoms with Crippen LogP contribution in [0, 0.1) is 5.92 Å². The Morgan fingerprint density at radius 3 is 2.83 bits per heavy atom. The first-order chi connectivity index (χ1) is 8.63. The van der Waals surface area contributed by atoms with Gasteiger partial charge in [0.1, 0.15) is 10.4 Å². The average molecular weight is 314 g/mol. The molecular weight excluding hydrogens is 294 g/mol. The van der Waals surface area contributed by atoms with Crippen LogP contribution in [0.15, 0.2) is 10.7 Å². The van der Waals surface area contributed by atoms with Gasteiger partial charge in [0, 0.05) is 19.2 Å². The van der Waals surface area contributed by atoms with E-state index in [2.05, 4.69) is 43.0 Å². The van der Waals surface area contributed by atoms with Crippen molar-refractivity contribution in [3.8, 4) is 0 Å². The van der Waals surface area contributed by atoms with Gasteiger partial charge in [-0.15, -0.1) is 0 Å². The van der Waals surface area contributed by atoms with Crippen LogP contribution in [0.2, 0.25) is 0 Å². The van der Waals surface area contributed by atoms with Gasteiger partial charge in [0.15, 0.2) is 0 Å². The molecule has 6 heteroatoms. The molecule has 1 aliphatic rings. The highest BCUT2D eigenvalue weighted by atomic mass is 79.9. The lowest BCUT2D eigenvalue weighted by atomic mass is 10.1. The van der Waals surface area contributed by atoms with Gasteiger partial charge >= 0.3 is 0 Å². The number of anilines is 2. The lowest BCUT2D eigenvalue weighted by molar-refractivity contribution is 0.294. The van der Waals surface area contributed by atoms with Gasteiger partial charge < -0.3 is 16.0 Å². The molecule has 0 radical (unpaired) electrons. The summed E-state index contributed by atoms with van der Waals surface area (Å²) in [6, 6.07) is 1.69. The molecule has 5 nitrogen and oxygen atoms in total. The number of nitrogens with zero attached hydrogens (tertiary/aromatic N) is 3. The van der Waals surface area contributed by atoms with Crippen LogP contribution in [0.3, 0.4) is 0 Å². The number of nitrogens with two attached hydrogens (primary N) is 1. The molecule has 0 aliphatic carbocycles. The quantitative estimate of drug-likeness (QED) is 0.813. The van der Waals surface area contributed by atoms with E-state index >= 15 is 0 Å². The Kier molecular flexibility index (Phi) is 4.77. The van der Waals surface area contributed by atoms with Crippen LogP contribution < -0.4 is 11.1 Å². The van der Waals surface area contributed by atoms with Gasteiger partial charge in [-0.2, -0.15) is 4.98 Å². The largest absolute Gasteiger partial charge is 0.383 e. The van der Waals surface area contributed by atoms with Crippen LogP contribution in [-0.2, 0) is 0 Å². The van der Waals surface area contributed by atoms with Gasteiger partial charge in [-0.25, -0.2) is 4.98 Å². The number of nitrogen functional groups attached to an aromatic ring is 1. The first-order valence-corrected chi connectivity index (χ1v) is 7.19. The lowest BCUT2D eigenvalue weighted by Crippen LogP contribution is -2.29. The summed E-state index contributed by atoms with van der Waals surface area (Å²) < 4.78 is 0.713. The summed E-state index contributed by atoms with van der Waals surface area (Å²) in [6.07, 6.45) is 2.68. The van der Waals surface area contributed by atoms with E-state index in [4.69, 9.17) is 5.73 Å². The Morgan fingerprint density at radius 1 is 1.44 bits per heavy atom. The lowest BCUT2D eigenvalue weighted by Gasteiger charge is -2.20. The fourth-order valence-corrected chi connectivity index (χ4v) is 2.65. The van der Waals surface area contributed by atoms with Gasteiger partial charge in [0.05, 0.1) is 0 Å². The van der Waals surface area contributed by atoms with Crippen LogP contribution in [-0.4, -0.2) is 41.0 Å². The second-order valence-electron chi connectivity index (χ2n) is 4.93. The Labute approximate surface area is 116 Å². The van der Waals surface area contributed by atoms with Crippen molar-refractivity contribution < 1.29 is 0 Å². The number of nitrogens with one attached hydrogen (secondary N) is 1. The second kappa shape index (κ2) is 6.33. The molecule has 3 N–H and O–H groups in total. The Morgan fingerprint density at radius 2 is 2.17 bits per heavy atom. The number of hydrogen-bond acceptors (Lipinski definition) is 5. The highest BCUT2D eigenvalue weighted by molar-refractivity contribution is 9.10. The molecule has 2 rings (SSSR count). The van der Waals surface area contributed by atoms with Crippen molar-refractivity contribution >= 4 is 27.7 Å². The smallest absolute Gasteiger partial charge is 0.225 e. The molecule has 1 aromatic heterocycles. The highest BCUT2D eigenvalue weighted by Gasteiger charge is 2.14. The topological polar surface area (TPSA) is 67.1 Å². The van der Waals surface area contributed by atoms with E-state index in [-0.39, 0.29) is 0 Å². The van der Waals surface area contributed by atoms with E-state index < -0.39 is 0 Å². The number of aromatic nitrogens is 2. The minimum absolute atomic E-state index is 0.478. The molecule has 0 amide bonds. The molecule has 1 unspecified atom stereocenters. The molecule has 1 saturated heterocycles. The van der Waals surface area contributed by atoms with E-state index in [1.165, 1.54) is 25.9 Å². The number of halogens is 1. The standard InChI is InChI=1S/C12H20BrN5/c1-9(8-18-4-2-3-5-18)7-15-12-16-10(13)6-11(14)17-12/h6,9H,2-5,7-8H2,1H3,(H3,14,15,16,17). The third-order valence-corrected chi connectivity index (χ3v) is 3.50. The van der Waals surface area contributed by atoms with Gasteiger partial charge in [-0.1, -0.05) is 6.92 Å². The minimum atomic E-state index is 0.478. The van der Waals surface area contributed by atoms with Gasteiger partial charge in [-0.3, -0.25) is 0 Å². The zero-order valence-corrected chi connectivity index (χ0v) is 12.3. The third kappa shape index (κ3) is 4.10. The highest BCUT2D eigenvalue weighted by Crippen LogP contribution is 2.14. The predicted molar refractivity (Wildman–Crippen MR) is 77.5 cm³/mol. The molecule has 100 valence electrons. The molecule has 1 aromatic rings. The van der Waals surface area contributed by atoms with Crippen molar-refractivity contribution in [2.24, 2.45) is 5.92 Å². The molecule has 2 heterocycles. The van der Waals surface area contributed by atoms with Gasteiger partial charge in [0.25, 0.3) is 0 Å². The zero-order valence-electron chi connectivity index (χ0n) is 10.7. The predicted octanol–water partition coefficient (Wildman–Crippen LogP) is 1.97. The van der Waals surface area contributed by atoms with Crippen molar-refractivity contribution in [2.45, 2.75) is 19.8 Å². The molecule has 0 aromatic carbocycles. The molecule has 1 fully saturated rings.